The summed E-state index contributed by atoms with van der Waals surface area (Å²) in [5.74, 6) is 0. The predicted octanol–water partition coefficient (Wildman–Crippen LogP) is 3.34. The largest absolute Gasteiger partial charge is 0.315 e. The molecule has 0 aliphatic carbocycles. The molecule has 0 amide bonds. The summed E-state index contributed by atoms with van der Waals surface area (Å²) in [7, 11) is -1.69. The second-order valence-corrected chi connectivity index (χ2v) is 8.31. The summed E-state index contributed by atoms with van der Waals surface area (Å²) in [6, 6.07) is 8.89. The quantitative estimate of drug-likeness (QED) is 0.843. The molecule has 2 N–H and O–H groups in total. The van der Waals surface area contributed by atoms with Crippen molar-refractivity contribution in [3.63, 3.8) is 0 Å². The number of sulfonamides is 1. The van der Waals surface area contributed by atoms with Gasteiger partial charge in [-0.2, -0.15) is 0 Å². The summed E-state index contributed by atoms with van der Waals surface area (Å²) in [5, 5.41) is 3.00. The lowest BCUT2D eigenvalue weighted by molar-refractivity contribution is 0.603. The molecule has 4 nitrogen and oxygen atoms in total. The number of halogens is 1. The Bertz CT molecular complexity index is 711. The Balaban J connectivity index is 2.26. The molecule has 0 aliphatic heterocycles. The van der Waals surface area contributed by atoms with Crippen LogP contribution in [0.4, 0.5) is 5.69 Å². The Morgan fingerprint density at radius 1 is 1.25 bits per heavy atom. The number of anilines is 1. The van der Waals surface area contributed by atoms with Crippen LogP contribution in [0.25, 0.3) is 0 Å². The van der Waals surface area contributed by atoms with Gasteiger partial charge in [-0.3, -0.25) is 4.72 Å². The molecular formula is C13H15BrN2O2S2. The fourth-order valence-electron chi connectivity index (χ4n) is 1.71. The van der Waals surface area contributed by atoms with Gasteiger partial charge in [-0.05, 0) is 49.9 Å². The van der Waals surface area contributed by atoms with E-state index in [0.29, 0.717) is 16.4 Å². The Morgan fingerprint density at radius 3 is 2.65 bits per heavy atom. The first-order valence-electron chi connectivity index (χ1n) is 5.94. The van der Waals surface area contributed by atoms with E-state index in [9.17, 15) is 8.42 Å². The van der Waals surface area contributed by atoms with Gasteiger partial charge in [0.25, 0.3) is 10.0 Å². The van der Waals surface area contributed by atoms with E-state index in [1.807, 2.05) is 32.2 Å². The molecule has 2 rings (SSSR count). The number of rotatable bonds is 5. The number of nitrogens with one attached hydrogen (secondary N) is 2. The molecule has 0 spiro atoms. The van der Waals surface area contributed by atoms with Crippen LogP contribution in [0.15, 0.2) is 39.0 Å². The fraction of sp³-hybridized carbons (Fsp3) is 0.231. The Hall–Kier alpha value is -0.890. The van der Waals surface area contributed by atoms with Crippen molar-refractivity contribution in [2.45, 2.75) is 17.7 Å². The van der Waals surface area contributed by atoms with Crippen LogP contribution >= 0.6 is 27.3 Å². The van der Waals surface area contributed by atoms with E-state index in [2.05, 4.69) is 26.0 Å². The molecule has 0 atom stereocenters. The van der Waals surface area contributed by atoms with E-state index in [1.165, 1.54) is 11.3 Å². The molecule has 0 saturated carbocycles. The molecule has 0 aliphatic rings. The predicted molar refractivity (Wildman–Crippen MR) is 86.8 cm³/mol. The lowest BCUT2D eigenvalue weighted by atomic mass is 10.2. The number of hydrogen-bond donors (Lipinski definition) is 2. The smallest absolute Gasteiger partial charge is 0.271 e. The van der Waals surface area contributed by atoms with Crippen LogP contribution in [0.3, 0.4) is 0 Å². The molecule has 2 aromatic rings. The summed E-state index contributed by atoms with van der Waals surface area (Å²) < 4.78 is 28.5. The zero-order chi connectivity index (χ0) is 14.8. The Kier molecular flexibility index (Phi) is 4.85. The van der Waals surface area contributed by atoms with Crippen molar-refractivity contribution in [1.82, 2.24) is 5.32 Å². The minimum Gasteiger partial charge on any atom is -0.315 e. The first kappa shape index (κ1) is 15.5. The lowest BCUT2D eigenvalue weighted by Crippen LogP contribution is -2.12. The maximum Gasteiger partial charge on any atom is 0.271 e. The van der Waals surface area contributed by atoms with E-state index >= 15 is 0 Å². The lowest BCUT2D eigenvalue weighted by Gasteiger charge is -2.09. The van der Waals surface area contributed by atoms with Gasteiger partial charge in [-0.25, -0.2) is 8.42 Å². The van der Waals surface area contributed by atoms with Crippen molar-refractivity contribution in [2.24, 2.45) is 0 Å². The van der Waals surface area contributed by atoms with Crippen molar-refractivity contribution >= 4 is 43.0 Å². The van der Waals surface area contributed by atoms with Gasteiger partial charge in [0.15, 0.2) is 0 Å². The molecule has 108 valence electrons. The second-order valence-electron chi connectivity index (χ2n) is 4.32. The number of hydrogen-bond acceptors (Lipinski definition) is 4. The number of aryl methyl sites for hydroxylation is 1. The standard InChI is InChI=1S/C13H15BrN2O2S2/c1-9-7-10(14)3-5-12(9)16-20(17,18)13-6-4-11(19-13)8-15-2/h3-7,15-16H,8H2,1-2H3. The number of benzene rings is 1. The topological polar surface area (TPSA) is 58.2 Å². The van der Waals surface area contributed by atoms with Crippen molar-refractivity contribution in [2.75, 3.05) is 11.8 Å². The van der Waals surface area contributed by atoms with Crippen LogP contribution in [0, 0.1) is 6.92 Å². The van der Waals surface area contributed by atoms with Crippen LogP contribution in [0.1, 0.15) is 10.4 Å². The molecule has 1 aromatic carbocycles. The van der Waals surface area contributed by atoms with E-state index in [0.717, 1.165) is 14.9 Å². The maximum atomic E-state index is 12.3. The molecule has 1 aromatic heterocycles. The highest BCUT2D eigenvalue weighted by Crippen LogP contribution is 2.26. The molecule has 1 heterocycles. The van der Waals surface area contributed by atoms with E-state index < -0.39 is 10.0 Å². The normalized spacial score (nSPS) is 11.6. The Labute approximate surface area is 131 Å². The third-order valence-electron chi connectivity index (χ3n) is 2.69. The third-order valence-corrected chi connectivity index (χ3v) is 6.12. The summed E-state index contributed by atoms with van der Waals surface area (Å²) in [5.41, 5.74) is 1.46. The van der Waals surface area contributed by atoms with Crippen molar-refractivity contribution in [1.29, 1.82) is 0 Å². The molecular weight excluding hydrogens is 360 g/mol. The van der Waals surface area contributed by atoms with Crippen molar-refractivity contribution in [3.8, 4) is 0 Å². The SMILES string of the molecule is CNCc1ccc(S(=O)(=O)Nc2ccc(Br)cc2C)s1. The van der Waals surface area contributed by atoms with E-state index in [1.54, 1.807) is 12.1 Å². The van der Waals surface area contributed by atoms with Gasteiger partial charge in [-0.1, -0.05) is 15.9 Å². The average Bonchev–Trinajstić information content (AvgIpc) is 2.83. The van der Waals surface area contributed by atoms with Crippen LogP contribution in [0.2, 0.25) is 0 Å². The molecule has 0 unspecified atom stereocenters. The van der Waals surface area contributed by atoms with Gasteiger partial charge in [0, 0.05) is 15.9 Å². The first-order chi connectivity index (χ1) is 9.42. The third kappa shape index (κ3) is 3.60. The van der Waals surface area contributed by atoms with Crippen LogP contribution in [-0.2, 0) is 16.6 Å². The fourth-order valence-corrected chi connectivity index (χ4v) is 4.68. The average molecular weight is 375 g/mol. The van der Waals surface area contributed by atoms with Crippen molar-refractivity contribution in [3.05, 3.63) is 45.2 Å². The van der Waals surface area contributed by atoms with Gasteiger partial charge in [0.2, 0.25) is 0 Å². The molecule has 20 heavy (non-hydrogen) atoms. The minimum absolute atomic E-state index is 0.324. The highest BCUT2D eigenvalue weighted by molar-refractivity contribution is 9.10. The van der Waals surface area contributed by atoms with Gasteiger partial charge >= 0.3 is 0 Å². The first-order valence-corrected chi connectivity index (χ1v) is 9.04. The zero-order valence-corrected chi connectivity index (χ0v) is 14.3. The van der Waals surface area contributed by atoms with E-state index in [-0.39, 0.29) is 0 Å². The maximum absolute atomic E-state index is 12.3. The molecule has 0 radical (unpaired) electrons. The summed E-state index contributed by atoms with van der Waals surface area (Å²) in [4.78, 5) is 0.986. The summed E-state index contributed by atoms with van der Waals surface area (Å²) in [6.45, 7) is 2.53. The monoisotopic (exact) mass is 374 g/mol. The molecule has 7 heteroatoms. The van der Waals surface area contributed by atoms with Gasteiger partial charge < -0.3 is 5.32 Å². The highest BCUT2D eigenvalue weighted by atomic mass is 79.9. The molecule has 0 fully saturated rings. The summed E-state index contributed by atoms with van der Waals surface area (Å²) in [6.07, 6.45) is 0. The van der Waals surface area contributed by atoms with Gasteiger partial charge in [0.05, 0.1) is 5.69 Å². The minimum atomic E-state index is -3.52. The van der Waals surface area contributed by atoms with Crippen LogP contribution in [-0.4, -0.2) is 15.5 Å². The van der Waals surface area contributed by atoms with Gasteiger partial charge in [0.1, 0.15) is 4.21 Å². The molecule has 0 bridgehead atoms. The van der Waals surface area contributed by atoms with E-state index in [4.69, 9.17) is 0 Å². The van der Waals surface area contributed by atoms with Crippen LogP contribution in [0.5, 0.6) is 0 Å². The molecule has 0 saturated heterocycles. The number of thiophene rings is 1. The second kappa shape index (κ2) is 6.26. The Morgan fingerprint density at radius 2 is 2.00 bits per heavy atom. The van der Waals surface area contributed by atoms with Crippen molar-refractivity contribution < 1.29 is 8.42 Å². The summed E-state index contributed by atoms with van der Waals surface area (Å²) >= 11 is 4.63. The van der Waals surface area contributed by atoms with Gasteiger partial charge in [-0.15, -0.1) is 11.3 Å². The van der Waals surface area contributed by atoms with Crippen LogP contribution < -0.4 is 10.0 Å². The zero-order valence-electron chi connectivity index (χ0n) is 11.1. The highest BCUT2D eigenvalue weighted by Gasteiger charge is 2.17.